The normalized spacial score (nSPS) is 22.2. The maximum absolute atomic E-state index is 11.5. The third kappa shape index (κ3) is 2.18. The van der Waals surface area contributed by atoms with E-state index in [1.807, 2.05) is 6.92 Å². The lowest BCUT2D eigenvalue weighted by Crippen LogP contribution is -2.42. The van der Waals surface area contributed by atoms with Gasteiger partial charge >= 0.3 is 0 Å². The van der Waals surface area contributed by atoms with Crippen molar-refractivity contribution in [3.8, 4) is 0 Å². The Morgan fingerprint density at radius 3 is 3.08 bits per heavy atom. The predicted octanol–water partition coefficient (Wildman–Crippen LogP) is 0.726. The van der Waals surface area contributed by atoms with Crippen molar-refractivity contribution in [2.45, 2.75) is 25.8 Å². The lowest BCUT2D eigenvalue weighted by molar-refractivity contribution is -0.116. The Kier molecular flexibility index (Phi) is 3.25. The summed E-state index contributed by atoms with van der Waals surface area (Å²) in [4.78, 5) is 11.5. The molecule has 1 heterocycles. The van der Waals surface area contributed by atoms with Gasteiger partial charge in [-0.05, 0) is 25.0 Å². The van der Waals surface area contributed by atoms with Crippen LogP contribution in [0.3, 0.4) is 0 Å². The average Bonchev–Trinajstić information content (AvgIpc) is 2.16. The molecular weight excluding hydrogens is 164 g/mol. The third-order valence-corrected chi connectivity index (χ3v) is 2.26. The van der Waals surface area contributed by atoms with E-state index in [-0.39, 0.29) is 17.5 Å². The van der Waals surface area contributed by atoms with Crippen LogP contribution in [0.4, 0.5) is 0 Å². The first-order chi connectivity index (χ1) is 6.16. The smallest absolute Gasteiger partial charge is 0.198 e. The molecule has 1 rings (SSSR count). The van der Waals surface area contributed by atoms with Crippen LogP contribution in [0.1, 0.15) is 19.8 Å². The van der Waals surface area contributed by atoms with E-state index in [0.717, 1.165) is 25.0 Å². The number of hydrogen-bond acceptors (Lipinski definition) is 3. The van der Waals surface area contributed by atoms with E-state index in [2.05, 4.69) is 18.0 Å². The summed E-state index contributed by atoms with van der Waals surface area (Å²) >= 11 is 0. The number of hydrogen-bond donors (Lipinski definition) is 2. The molecule has 0 aromatic carbocycles. The Morgan fingerprint density at radius 1 is 1.85 bits per heavy atom. The minimum absolute atomic E-state index is 0.0900. The minimum atomic E-state index is -0.226. The molecule has 13 heavy (non-hydrogen) atoms. The zero-order valence-electron chi connectivity index (χ0n) is 7.97. The summed E-state index contributed by atoms with van der Waals surface area (Å²) in [6.45, 7) is 6.34. The molecule has 1 atom stereocenters. The molecule has 3 N–H and O–H groups in total. The van der Waals surface area contributed by atoms with Gasteiger partial charge in [-0.15, -0.1) is 0 Å². The lowest BCUT2D eigenvalue weighted by Gasteiger charge is -2.23. The third-order valence-electron chi connectivity index (χ3n) is 2.26. The Hall–Kier alpha value is -1.09. The SMILES string of the molecule is C=C(N)C(=O)C1NCCC=C1CC. The second-order valence-electron chi connectivity index (χ2n) is 3.20. The van der Waals surface area contributed by atoms with E-state index >= 15 is 0 Å². The molecule has 3 nitrogen and oxygen atoms in total. The van der Waals surface area contributed by atoms with Gasteiger partial charge in [0.25, 0.3) is 0 Å². The zero-order valence-corrected chi connectivity index (χ0v) is 7.97. The van der Waals surface area contributed by atoms with Gasteiger partial charge in [0.1, 0.15) is 0 Å². The molecule has 0 saturated heterocycles. The zero-order chi connectivity index (χ0) is 9.84. The van der Waals surface area contributed by atoms with Crippen LogP contribution in [0.5, 0.6) is 0 Å². The molecule has 1 unspecified atom stereocenters. The van der Waals surface area contributed by atoms with E-state index in [9.17, 15) is 4.79 Å². The van der Waals surface area contributed by atoms with Crippen molar-refractivity contribution in [3.05, 3.63) is 23.9 Å². The van der Waals surface area contributed by atoms with Crippen molar-refractivity contribution in [1.82, 2.24) is 5.32 Å². The standard InChI is InChI=1S/C10H16N2O/c1-3-8-5-4-6-12-9(8)10(13)7(2)11/h5,9,12H,2-4,6,11H2,1H3. The largest absolute Gasteiger partial charge is 0.396 e. The van der Waals surface area contributed by atoms with Gasteiger partial charge in [0.05, 0.1) is 11.7 Å². The fourth-order valence-corrected chi connectivity index (χ4v) is 1.53. The molecule has 0 amide bonds. The van der Waals surface area contributed by atoms with Crippen molar-refractivity contribution in [3.63, 3.8) is 0 Å². The molecule has 3 heteroatoms. The second kappa shape index (κ2) is 4.23. The van der Waals surface area contributed by atoms with Crippen molar-refractivity contribution in [2.24, 2.45) is 5.73 Å². The number of carbonyl (C=O) groups excluding carboxylic acids is 1. The topological polar surface area (TPSA) is 55.1 Å². The number of nitrogens with two attached hydrogens (primary N) is 1. The van der Waals surface area contributed by atoms with Crippen LogP contribution in [0, 0.1) is 0 Å². The first kappa shape index (κ1) is 9.99. The van der Waals surface area contributed by atoms with Crippen LogP contribution in [-0.4, -0.2) is 18.4 Å². The molecule has 0 aromatic rings. The summed E-state index contributed by atoms with van der Waals surface area (Å²) in [5.41, 5.74) is 6.64. The molecule has 0 spiro atoms. The van der Waals surface area contributed by atoms with Gasteiger partial charge in [-0.2, -0.15) is 0 Å². The number of rotatable bonds is 3. The van der Waals surface area contributed by atoms with Crippen LogP contribution >= 0.6 is 0 Å². The van der Waals surface area contributed by atoms with Crippen LogP contribution in [0.25, 0.3) is 0 Å². The average molecular weight is 180 g/mol. The summed E-state index contributed by atoms with van der Waals surface area (Å²) in [5.74, 6) is -0.0900. The van der Waals surface area contributed by atoms with E-state index in [4.69, 9.17) is 5.73 Å². The maximum Gasteiger partial charge on any atom is 0.198 e. The van der Waals surface area contributed by atoms with Crippen molar-refractivity contribution in [1.29, 1.82) is 0 Å². The molecule has 0 aromatic heterocycles. The van der Waals surface area contributed by atoms with Gasteiger partial charge in [0.15, 0.2) is 5.78 Å². The van der Waals surface area contributed by atoms with E-state index in [0.29, 0.717) is 0 Å². The van der Waals surface area contributed by atoms with Crippen molar-refractivity contribution in [2.75, 3.05) is 6.54 Å². The highest BCUT2D eigenvalue weighted by Gasteiger charge is 2.23. The van der Waals surface area contributed by atoms with Gasteiger partial charge in [-0.1, -0.05) is 19.6 Å². The van der Waals surface area contributed by atoms with Crippen LogP contribution in [0.2, 0.25) is 0 Å². The Morgan fingerprint density at radius 2 is 2.54 bits per heavy atom. The van der Waals surface area contributed by atoms with Crippen LogP contribution in [-0.2, 0) is 4.79 Å². The summed E-state index contributed by atoms with van der Waals surface area (Å²) < 4.78 is 0. The highest BCUT2D eigenvalue weighted by Crippen LogP contribution is 2.14. The summed E-state index contributed by atoms with van der Waals surface area (Å²) in [7, 11) is 0. The van der Waals surface area contributed by atoms with E-state index in [1.54, 1.807) is 0 Å². The lowest BCUT2D eigenvalue weighted by atomic mass is 9.95. The fourth-order valence-electron chi connectivity index (χ4n) is 1.53. The molecule has 0 saturated carbocycles. The summed E-state index contributed by atoms with van der Waals surface area (Å²) in [5, 5.41) is 3.14. The quantitative estimate of drug-likeness (QED) is 0.497. The maximum atomic E-state index is 11.5. The van der Waals surface area contributed by atoms with Gasteiger partial charge in [0.2, 0.25) is 0 Å². The van der Waals surface area contributed by atoms with Crippen LogP contribution < -0.4 is 11.1 Å². The molecule has 0 bridgehead atoms. The molecule has 0 fully saturated rings. The number of ketones is 1. The molecule has 72 valence electrons. The van der Waals surface area contributed by atoms with Crippen LogP contribution in [0.15, 0.2) is 23.9 Å². The van der Waals surface area contributed by atoms with E-state index < -0.39 is 0 Å². The number of nitrogens with one attached hydrogen (secondary N) is 1. The first-order valence-corrected chi connectivity index (χ1v) is 4.57. The Balaban J connectivity index is 2.78. The van der Waals surface area contributed by atoms with Crippen molar-refractivity contribution >= 4 is 5.78 Å². The molecule has 1 aliphatic rings. The number of carbonyl (C=O) groups is 1. The minimum Gasteiger partial charge on any atom is -0.396 e. The molecule has 1 aliphatic heterocycles. The van der Waals surface area contributed by atoms with Gasteiger partial charge in [-0.3, -0.25) is 4.79 Å². The van der Waals surface area contributed by atoms with Gasteiger partial charge < -0.3 is 11.1 Å². The monoisotopic (exact) mass is 180 g/mol. The first-order valence-electron chi connectivity index (χ1n) is 4.57. The van der Waals surface area contributed by atoms with Gasteiger partial charge in [0, 0.05) is 0 Å². The Bertz CT molecular complexity index is 256. The van der Waals surface area contributed by atoms with Crippen molar-refractivity contribution < 1.29 is 4.79 Å². The predicted molar refractivity (Wildman–Crippen MR) is 53.1 cm³/mol. The number of Topliss-reactive ketones (excluding diaryl/α,β-unsaturated/α-hetero) is 1. The summed E-state index contributed by atoms with van der Waals surface area (Å²) in [6, 6.07) is -0.226. The summed E-state index contributed by atoms with van der Waals surface area (Å²) in [6.07, 6.45) is 3.99. The molecule has 0 aliphatic carbocycles. The van der Waals surface area contributed by atoms with Gasteiger partial charge in [-0.25, -0.2) is 0 Å². The molecular formula is C10H16N2O. The highest BCUT2D eigenvalue weighted by atomic mass is 16.1. The Labute approximate surface area is 78.7 Å². The second-order valence-corrected chi connectivity index (χ2v) is 3.20. The van der Waals surface area contributed by atoms with E-state index in [1.165, 1.54) is 0 Å². The highest BCUT2D eigenvalue weighted by molar-refractivity contribution is 6.00. The fraction of sp³-hybridized carbons (Fsp3) is 0.500. The molecule has 0 radical (unpaired) electrons.